The van der Waals surface area contributed by atoms with Gasteiger partial charge in [-0.15, -0.1) is 0 Å². The topological polar surface area (TPSA) is 8.81 Å². The van der Waals surface area contributed by atoms with E-state index in [0.717, 1.165) is 0 Å². The predicted octanol–water partition coefficient (Wildman–Crippen LogP) is 2.61. The first-order valence-corrected chi connectivity index (χ1v) is 8.87. The average molecular weight is 295 g/mol. The van der Waals surface area contributed by atoms with Crippen LogP contribution in [0.25, 0.3) is 0 Å². The third kappa shape index (κ3) is 10.9. The Morgan fingerprint density at radius 2 is 1.67 bits per heavy atom. The second-order valence-electron chi connectivity index (χ2n) is 2.05. The number of aryl methyl sites for hydroxylation is 2. The molecule has 0 aromatic carbocycles. The molecule has 1 rings (SSSR count). The third-order valence-corrected chi connectivity index (χ3v) is 0.901. The maximum atomic E-state index is 4.95. The number of hydrogen-bond donors (Lipinski definition) is 0. The SMILES string of the molecule is Cn1cc[n+](C)c1.[Cl][Fe]([Cl])([Cl])[Cl]. The van der Waals surface area contributed by atoms with Crippen LogP contribution in [-0.4, -0.2) is 4.57 Å². The molecule has 0 bridgehead atoms. The summed E-state index contributed by atoms with van der Waals surface area (Å²) in [5.74, 6) is 0. The van der Waals surface area contributed by atoms with Crippen LogP contribution in [0.1, 0.15) is 0 Å². The molecule has 0 aliphatic heterocycles. The fraction of sp³-hybridized carbons (Fsp3) is 0.400. The zero-order chi connectivity index (χ0) is 9.78. The van der Waals surface area contributed by atoms with Crippen molar-refractivity contribution in [2.75, 3.05) is 0 Å². The molecule has 0 spiro atoms. The third-order valence-electron chi connectivity index (χ3n) is 0.901. The van der Waals surface area contributed by atoms with E-state index in [2.05, 4.69) is 0 Å². The summed E-state index contributed by atoms with van der Waals surface area (Å²) in [5.41, 5.74) is 0. The van der Waals surface area contributed by atoms with E-state index in [1.54, 1.807) is 0 Å². The Morgan fingerprint density at radius 1 is 1.25 bits per heavy atom. The van der Waals surface area contributed by atoms with Crippen molar-refractivity contribution in [1.29, 1.82) is 0 Å². The van der Waals surface area contributed by atoms with Crippen molar-refractivity contribution in [2.24, 2.45) is 14.1 Å². The average Bonchev–Trinajstić information content (AvgIpc) is 2.09. The van der Waals surface area contributed by atoms with Crippen LogP contribution in [0.15, 0.2) is 18.7 Å². The maximum absolute atomic E-state index is 4.95. The summed E-state index contributed by atoms with van der Waals surface area (Å²) in [6, 6.07) is 0. The minimum absolute atomic E-state index is 2.00. The van der Waals surface area contributed by atoms with Gasteiger partial charge in [-0.25, -0.2) is 9.13 Å². The number of aromatic nitrogens is 2. The van der Waals surface area contributed by atoms with E-state index >= 15 is 0 Å². The molecule has 2 nitrogen and oxygen atoms in total. The van der Waals surface area contributed by atoms with E-state index < -0.39 is 9.20 Å². The molecule has 12 heavy (non-hydrogen) atoms. The first-order chi connectivity index (χ1) is 5.29. The molecule has 1 aromatic rings. The van der Waals surface area contributed by atoms with Crippen LogP contribution in [0.4, 0.5) is 0 Å². The zero-order valence-electron chi connectivity index (χ0n) is 6.49. The summed E-state index contributed by atoms with van der Waals surface area (Å²) in [4.78, 5) is 0. The van der Waals surface area contributed by atoms with Gasteiger partial charge in [0.2, 0.25) is 6.33 Å². The molecule has 7 heteroatoms. The molecule has 0 saturated carbocycles. The summed E-state index contributed by atoms with van der Waals surface area (Å²) >= 11 is 0. The van der Waals surface area contributed by atoms with E-state index in [-0.39, 0.29) is 0 Å². The number of imidazole rings is 1. The number of rotatable bonds is 0. The monoisotopic (exact) mass is 293 g/mol. The summed E-state index contributed by atoms with van der Waals surface area (Å²) in [6.45, 7) is 0. The van der Waals surface area contributed by atoms with Crippen LogP contribution in [0.5, 0.6) is 0 Å². The van der Waals surface area contributed by atoms with E-state index in [0.29, 0.717) is 0 Å². The molecule has 0 aliphatic carbocycles. The second kappa shape index (κ2) is 5.58. The van der Waals surface area contributed by atoms with Gasteiger partial charge in [0.05, 0.1) is 14.1 Å². The van der Waals surface area contributed by atoms with Gasteiger partial charge < -0.3 is 0 Å². The van der Waals surface area contributed by atoms with Crippen molar-refractivity contribution >= 4 is 40.4 Å². The molecule has 1 heterocycles. The molecule has 0 atom stereocenters. The van der Waals surface area contributed by atoms with E-state index in [9.17, 15) is 0 Å². The fourth-order valence-electron chi connectivity index (χ4n) is 0.575. The van der Waals surface area contributed by atoms with Crippen LogP contribution in [0, 0.1) is 0 Å². The Morgan fingerprint density at radius 3 is 1.75 bits per heavy atom. The van der Waals surface area contributed by atoms with Crippen molar-refractivity contribution < 1.29 is 13.8 Å². The molecule has 0 aliphatic rings. The minimum atomic E-state index is -2.61. The molecule has 0 amide bonds. The molecular weight excluding hydrogens is 286 g/mol. The number of hydrogen-bond acceptors (Lipinski definition) is 0. The molecule has 0 radical (unpaired) electrons. The Bertz CT molecular complexity index is 209. The molecule has 74 valence electrons. The van der Waals surface area contributed by atoms with Crippen molar-refractivity contribution in [3.05, 3.63) is 18.7 Å². The van der Waals surface area contributed by atoms with Gasteiger partial charge in [-0.2, -0.15) is 0 Å². The van der Waals surface area contributed by atoms with Gasteiger partial charge >= 0.3 is 49.6 Å². The van der Waals surface area contributed by atoms with Crippen molar-refractivity contribution in [3.8, 4) is 0 Å². The first-order valence-electron chi connectivity index (χ1n) is 2.80. The quantitative estimate of drug-likeness (QED) is 0.514. The van der Waals surface area contributed by atoms with E-state index in [1.165, 1.54) is 0 Å². The van der Waals surface area contributed by atoms with E-state index in [1.807, 2.05) is 42.0 Å². The van der Waals surface area contributed by atoms with Gasteiger partial charge in [-0.05, 0) is 0 Å². The van der Waals surface area contributed by atoms with Gasteiger partial charge in [-0.3, -0.25) is 0 Å². The fourth-order valence-corrected chi connectivity index (χ4v) is 0.575. The standard InChI is InChI=1S/C5H9N2.4ClH.Fe/c1-6-3-4-7(2)5-6;;;;;/h3-5H,1-2H3;4*1H;/q+1;;;;;+4/p-4. The molecule has 0 unspecified atom stereocenters. The summed E-state index contributed by atoms with van der Waals surface area (Å²) < 4.78 is 4.00. The Labute approximate surface area is 91.1 Å². The second-order valence-corrected chi connectivity index (χ2v) is 13.0. The molecule has 0 saturated heterocycles. The Hall–Kier alpha value is 0.889. The van der Waals surface area contributed by atoms with Gasteiger partial charge in [-0.1, -0.05) is 0 Å². The normalized spacial score (nSPS) is 11.8. The van der Waals surface area contributed by atoms with Crippen LogP contribution < -0.4 is 4.57 Å². The van der Waals surface area contributed by atoms with Crippen LogP contribution >= 0.6 is 40.4 Å². The van der Waals surface area contributed by atoms with Gasteiger partial charge in [0.1, 0.15) is 12.4 Å². The van der Waals surface area contributed by atoms with Crippen molar-refractivity contribution in [2.45, 2.75) is 0 Å². The predicted molar refractivity (Wildman–Crippen MR) is 50.0 cm³/mol. The molecule has 0 fully saturated rings. The van der Waals surface area contributed by atoms with Crippen LogP contribution in [-0.2, 0) is 23.3 Å². The number of halogens is 4. The molecule has 0 N–H and O–H groups in total. The Kier molecular flexibility index (Phi) is 6.00. The van der Waals surface area contributed by atoms with Gasteiger partial charge in [0.15, 0.2) is 0 Å². The summed E-state index contributed by atoms with van der Waals surface area (Å²) in [5, 5.41) is 0. The van der Waals surface area contributed by atoms with Gasteiger partial charge in [0, 0.05) is 0 Å². The zero-order valence-corrected chi connectivity index (χ0v) is 10.6. The van der Waals surface area contributed by atoms with Crippen LogP contribution in [0.3, 0.4) is 0 Å². The van der Waals surface area contributed by atoms with Crippen molar-refractivity contribution in [3.63, 3.8) is 0 Å². The van der Waals surface area contributed by atoms with Gasteiger partial charge in [0.25, 0.3) is 0 Å². The van der Waals surface area contributed by atoms with Crippen molar-refractivity contribution in [1.82, 2.24) is 4.57 Å². The first kappa shape index (κ1) is 12.9. The Balaban J connectivity index is 0.000000217. The summed E-state index contributed by atoms with van der Waals surface area (Å²) in [6.07, 6.45) is 6.00. The summed E-state index contributed by atoms with van der Waals surface area (Å²) in [7, 11) is 21.2. The molecular formula is C5H9Cl4FeN2+. The van der Waals surface area contributed by atoms with Crippen LogP contribution in [0.2, 0.25) is 0 Å². The molecule has 1 aromatic heterocycles. The van der Waals surface area contributed by atoms with E-state index in [4.69, 9.17) is 40.4 Å². The number of nitrogens with zero attached hydrogens (tertiary/aromatic N) is 2.